The molecule has 0 unspecified atom stereocenters. The lowest BCUT2D eigenvalue weighted by atomic mass is 10.1. The van der Waals surface area contributed by atoms with Crippen LogP contribution < -0.4 is 5.32 Å². The van der Waals surface area contributed by atoms with E-state index in [1.165, 1.54) is 32.5 Å². The van der Waals surface area contributed by atoms with E-state index < -0.39 is 0 Å². The SMILES string of the molecule is CCN1CCC(Nc2ccncn2)CC1. The fourth-order valence-electron chi connectivity index (χ4n) is 1.98. The molecule has 0 amide bonds. The third-order valence-electron chi connectivity index (χ3n) is 2.97. The van der Waals surface area contributed by atoms with Crippen molar-refractivity contribution in [3.05, 3.63) is 18.6 Å². The van der Waals surface area contributed by atoms with Gasteiger partial charge in [-0.15, -0.1) is 0 Å². The topological polar surface area (TPSA) is 41.0 Å². The molecule has 1 aliphatic heterocycles. The van der Waals surface area contributed by atoms with E-state index in [0.717, 1.165) is 5.82 Å². The standard InChI is InChI=1S/C11H18N4/c1-2-15-7-4-10(5-8-15)14-11-3-6-12-9-13-11/h3,6,9-10H,2,4-5,7-8H2,1H3,(H,12,13,14). The summed E-state index contributed by atoms with van der Waals surface area (Å²) in [5.41, 5.74) is 0. The number of aromatic nitrogens is 2. The van der Waals surface area contributed by atoms with Crippen molar-refractivity contribution in [1.29, 1.82) is 0 Å². The van der Waals surface area contributed by atoms with Gasteiger partial charge in [0.25, 0.3) is 0 Å². The molecular weight excluding hydrogens is 188 g/mol. The van der Waals surface area contributed by atoms with E-state index in [0.29, 0.717) is 6.04 Å². The van der Waals surface area contributed by atoms with Crippen LogP contribution in [0.1, 0.15) is 19.8 Å². The van der Waals surface area contributed by atoms with Crippen LogP contribution in [0.5, 0.6) is 0 Å². The van der Waals surface area contributed by atoms with Crippen LogP contribution in [-0.2, 0) is 0 Å². The number of rotatable bonds is 3. The summed E-state index contributed by atoms with van der Waals surface area (Å²) in [4.78, 5) is 10.6. The number of nitrogens with zero attached hydrogens (tertiary/aromatic N) is 3. The number of nitrogens with one attached hydrogen (secondary N) is 1. The van der Waals surface area contributed by atoms with Crippen molar-refractivity contribution in [2.75, 3.05) is 25.0 Å². The van der Waals surface area contributed by atoms with E-state index in [4.69, 9.17) is 0 Å². The van der Waals surface area contributed by atoms with Crippen LogP contribution in [0.4, 0.5) is 5.82 Å². The summed E-state index contributed by atoms with van der Waals surface area (Å²) in [5, 5.41) is 3.45. The van der Waals surface area contributed by atoms with E-state index in [1.807, 2.05) is 6.07 Å². The molecule has 4 nitrogen and oxygen atoms in total. The predicted octanol–water partition coefficient (Wildman–Crippen LogP) is 1.37. The van der Waals surface area contributed by atoms with Gasteiger partial charge in [0, 0.05) is 25.3 Å². The molecule has 0 atom stereocenters. The van der Waals surface area contributed by atoms with Gasteiger partial charge in [0.15, 0.2) is 0 Å². The molecule has 1 aliphatic rings. The van der Waals surface area contributed by atoms with Gasteiger partial charge in [0.05, 0.1) is 0 Å². The lowest BCUT2D eigenvalue weighted by molar-refractivity contribution is 0.229. The van der Waals surface area contributed by atoms with Crippen molar-refractivity contribution in [1.82, 2.24) is 14.9 Å². The molecule has 15 heavy (non-hydrogen) atoms. The van der Waals surface area contributed by atoms with Crippen molar-refractivity contribution < 1.29 is 0 Å². The third-order valence-corrected chi connectivity index (χ3v) is 2.97. The molecule has 1 fully saturated rings. The average Bonchev–Trinajstić information content (AvgIpc) is 2.31. The molecule has 2 heterocycles. The lowest BCUT2D eigenvalue weighted by Gasteiger charge is -2.31. The highest BCUT2D eigenvalue weighted by Gasteiger charge is 2.17. The molecule has 82 valence electrons. The second-order valence-corrected chi connectivity index (χ2v) is 3.95. The van der Waals surface area contributed by atoms with E-state index in [-0.39, 0.29) is 0 Å². The monoisotopic (exact) mass is 206 g/mol. The van der Waals surface area contributed by atoms with Crippen molar-refractivity contribution in [3.63, 3.8) is 0 Å². The van der Waals surface area contributed by atoms with E-state index in [9.17, 15) is 0 Å². The van der Waals surface area contributed by atoms with Crippen molar-refractivity contribution in [2.24, 2.45) is 0 Å². The number of hydrogen-bond acceptors (Lipinski definition) is 4. The number of hydrogen-bond donors (Lipinski definition) is 1. The molecule has 0 aliphatic carbocycles. The fraction of sp³-hybridized carbons (Fsp3) is 0.636. The molecule has 0 spiro atoms. The molecule has 0 saturated carbocycles. The average molecular weight is 206 g/mol. The largest absolute Gasteiger partial charge is 0.367 e. The van der Waals surface area contributed by atoms with E-state index in [1.54, 1.807) is 12.5 Å². The number of likely N-dealkylation sites (tertiary alicyclic amines) is 1. The van der Waals surface area contributed by atoms with Crippen LogP contribution in [0.3, 0.4) is 0 Å². The molecule has 2 rings (SSSR count). The van der Waals surface area contributed by atoms with Gasteiger partial charge < -0.3 is 10.2 Å². The normalized spacial score (nSPS) is 19.0. The van der Waals surface area contributed by atoms with Crippen LogP contribution in [0.25, 0.3) is 0 Å². The molecule has 0 bridgehead atoms. The van der Waals surface area contributed by atoms with Crippen LogP contribution >= 0.6 is 0 Å². The minimum absolute atomic E-state index is 0.572. The molecule has 1 aromatic heterocycles. The molecule has 4 heteroatoms. The highest BCUT2D eigenvalue weighted by atomic mass is 15.1. The summed E-state index contributed by atoms with van der Waals surface area (Å²) in [7, 11) is 0. The predicted molar refractivity (Wildman–Crippen MR) is 60.8 cm³/mol. The van der Waals surface area contributed by atoms with Crippen LogP contribution in [0, 0.1) is 0 Å². The summed E-state index contributed by atoms with van der Waals surface area (Å²) in [6, 6.07) is 2.49. The second kappa shape index (κ2) is 5.07. The summed E-state index contributed by atoms with van der Waals surface area (Å²) < 4.78 is 0. The molecule has 1 saturated heterocycles. The zero-order valence-electron chi connectivity index (χ0n) is 9.19. The lowest BCUT2D eigenvalue weighted by Crippen LogP contribution is -2.38. The zero-order chi connectivity index (χ0) is 10.5. The number of piperidine rings is 1. The Morgan fingerprint density at radius 2 is 2.27 bits per heavy atom. The minimum atomic E-state index is 0.572. The molecule has 1 N–H and O–H groups in total. The maximum atomic E-state index is 4.18. The first kappa shape index (κ1) is 10.4. The van der Waals surface area contributed by atoms with E-state index >= 15 is 0 Å². The van der Waals surface area contributed by atoms with Crippen LogP contribution in [-0.4, -0.2) is 40.5 Å². The Balaban J connectivity index is 1.82. The molecule has 0 aromatic carbocycles. The Morgan fingerprint density at radius 1 is 1.47 bits per heavy atom. The summed E-state index contributed by atoms with van der Waals surface area (Å²) >= 11 is 0. The van der Waals surface area contributed by atoms with Gasteiger partial charge in [0.1, 0.15) is 12.1 Å². The van der Waals surface area contributed by atoms with Gasteiger partial charge in [-0.25, -0.2) is 9.97 Å². The van der Waals surface area contributed by atoms with E-state index in [2.05, 4.69) is 27.1 Å². The Hall–Kier alpha value is -1.16. The van der Waals surface area contributed by atoms with Crippen molar-refractivity contribution >= 4 is 5.82 Å². The molecular formula is C11H18N4. The van der Waals surface area contributed by atoms with Crippen molar-refractivity contribution in [3.8, 4) is 0 Å². The van der Waals surface area contributed by atoms with Gasteiger partial charge in [-0.05, 0) is 25.5 Å². The maximum Gasteiger partial charge on any atom is 0.129 e. The Labute approximate surface area is 90.7 Å². The van der Waals surface area contributed by atoms with Gasteiger partial charge in [-0.1, -0.05) is 6.92 Å². The number of anilines is 1. The van der Waals surface area contributed by atoms with Gasteiger partial charge in [0.2, 0.25) is 0 Å². The first-order valence-electron chi connectivity index (χ1n) is 5.63. The quantitative estimate of drug-likeness (QED) is 0.811. The summed E-state index contributed by atoms with van der Waals surface area (Å²) in [6.45, 7) is 5.77. The smallest absolute Gasteiger partial charge is 0.129 e. The Morgan fingerprint density at radius 3 is 2.87 bits per heavy atom. The van der Waals surface area contributed by atoms with Gasteiger partial charge in [-0.3, -0.25) is 0 Å². The highest BCUT2D eigenvalue weighted by Crippen LogP contribution is 2.13. The minimum Gasteiger partial charge on any atom is -0.367 e. The molecule has 0 radical (unpaired) electrons. The zero-order valence-corrected chi connectivity index (χ0v) is 9.19. The first-order valence-corrected chi connectivity index (χ1v) is 5.63. The Kier molecular flexibility index (Phi) is 3.50. The summed E-state index contributed by atoms with van der Waals surface area (Å²) in [5.74, 6) is 0.944. The fourth-order valence-corrected chi connectivity index (χ4v) is 1.98. The second-order valence-electron chi connectivity index (χ2n) is 3.95. The highest BCUT2D eigenvalue weighted by molar-refractivity contribution is 5.33. The van der Waals surface area contributed by atoms with Gasteiger partial charge in [-0.2, -0.15) is 0 Å². The van der Waals surface area contributed by atoms with Gasteiger partial charge >= 0.3 is 0 Å². The summed E-state index contributed by atoms with van der Waals surface area (Å²) in [6.07, 6.45) is 5.77. The molecule has 1 aromatic rings. The Bertz CT molecular complexity index is 280. The van der Waals surface area contributed by atoms with Crippen molar-refractivity contribution in [2.45, 2.75) is 25.8 Å². The van der Waals surface area contributed by atoms with Crippen LogP contribution in [0.15, 0.2) is 18.6 Å². The maximum absolute atomic E-state index is 4.18. The first-order chi connectivity index (χ1) is 7.38. The third kappa shape index (κ3) is 2.89. The van der Waals surface area contributed by atoms with Crippen LogP contribution in [0.2, 0.25) is 0 Å².